The molecule has 6 nitrogen and oxygen atoms in total. The number of ether oxygens (including phenoxy) is 4. The Labute approximate surface area is 270 Å². The summed E-state index contributed by atoms with van der Waals surface area (Å²) in [6, 6.07) is 49.0. The van der Waals surface area contributed by atoms with Crippen LogP contribution in [0.5, 0.6) is 23.0 Å². The molecule has 6 heteroatoms. The summed E-state index contributed by atoms with van der Waals surface area (Å²) >= 11 is 0. The molecular weight excluding hydrogens is 572 g/mol. The smallest absolute Gasteiger partial charge is 0.142 e. The van der Waals surface area contributed by atoms with E-state index in [1.165, 1.54) is 0 Å². The number of methoxy groups -OCH3 is 4. The number of hydrogen-bond acceptors (Lipinski definition) is 6. The van der Waals surface area contributed by atoms with Gasteiger partial charge in [-0.2, -0.15) is 0 Å². The molecule has 0 unspecified atom stereocenters. The average molecular weight is 609 g/mol. The normalized spacial score (nSPS) is 10.6. The first-order valence-electron chi connectivity index (χ1n) is 15.0. The molecule has 0 saturated heterocycles. The van der Waals surface area contributed by atoms with Gasteiger partial charge in [0.1, 0.15) is 23.0 Å². The van der Waals surface area contributed by atoms with Gasteiger partial charge in [0.05, 0.1) is 51.2 Å². The van der Waals surface area contributed by atoms with Crippen molar-refractivity contribution in [2.75, 3.05) is 38.2 Å². The van der Waals surface area contributed by atoms with Gasteiger partial charge in [-0.25, -0.2) is 0 Å². The van der Waals surface area contributed by atoms with Crippen molar-refractivity contribution in [3.8, 4) is 34.1 Å². The maximum atomic E-state index is 5.76. The molecule has 6 aromatic rings. The molecule has 0 aromatic heterocycles. The Kier molecular flexibility index (Phi) is 9.07. The van der Waals surface area contributed by atoms with Crippen LogP contribution in [-0.2, 0) is 0 Å². The molecule has 0 amide bonds. The van der Waals surface area contributed by atoms with E-state index in [9.17, 15) is 0 Å². The quantitative estimate of drug-likeness (QED) is 0.146. The van der Waals surface area contributed by atoms with Gasteiger partial charge in [0.2, 0.25) is 0 Å². The number of nitrogens with zero attached hydrogens (tertiary/aromatic N) is 2. The van der Waals surface area contributed by atoms with Crippen LogP contribution in [0, 0.1) is 0 Å². The highest BCUT2D eigenvalue weighted by Crippen LogP contribution is 2.46. The summed E-state index contributed by atoms with van der Waals surface area (Å²) in [5.74, 6) is 3.07. The number of rotatable bonds is 11. The summed E-state index contributed by atoms with van der Waals surface area (Å²) < 4.78 is 23.0. The zero-order chi connectivity index (χ0) is 31.9. The fraction of sp³-hybridized carbons (Fsp3) is 0.100. The molecule has 0 fully saturated rings. The highest BCUT2D eigenvalue weighted by molar-refractivity contribution is 5.86. The van der Waals surface area contributed by atoms with Crippen molar-refractivity contribution in [1.82, 2.24) is 0 Å². The Hall–Kier alpha value is -5.88. The lowest BCUT2D eigenvalue weighted by Gasteiger charge is -2.28. The highest BCUT2D eigenvalue weighted by atomic mass is 16.5. The third-order valence-electron chi connectivity index (χ3n) is 7.89. The van der Waals surface area contributed by atoms with E-state index in [0.29, 0.717) is 0 Å². The zero-order valence-electron chi connectivity index (χ0n) is 26.4. The fourth-order valence-corrected chi connectivity index (χ4v) is 5.68. The molecule has 0 aliphatic rings. The average Bonchev–Trinajstić information content (AvgIpc) is 3.13. The van der Waals surface area contributed by atoms with E-state index in [-0.39, 0.29) is 0 Å². The van der Waals surface area contributed by atoms with E-state index in [1.54, 1.807) is 28.4 Å². The molecule has 0 radical (unpaired) electrons. The minimum Gasteiger partial charge on any atom is -0.495 e. The number of hydrogen-bond donors (Lipinski definition) is 0. The van der Waals surface area contributed by atoms with E-state index in [1.807, 2.05) is 97.1 Å². The Morgan fingerprint density at radius 2 is 0.543 bits per heavy atom. The number of benzene rings is 6. The first kappa shape index (κ1) is 30.2. The molecule has 0 aliphatic carbocycles. The minimum atomic E-state index is 0.766. The van der Waals surface area contributed by atoms with Crippen LogP contribution in [0.15, 0.2) is 146 Å². The van der Waals surface area contributed by atoms with Gasteiger partial charge in [-0.05, 0) is 83.9 Å². The van der Waals surface area contributed by atoms with Crippen LogP contribution >= 0.6 is 0 Å². The van der Waals surface area contributed by atoms with Crippen LogP contribution in [-0.4, -0.2) is 28.4 Å². The van der Waals surface area contributed by atoms with E-state index in [0.717, 1.165) is 68.2 Å². The molecule has 0 N–H and O–H groups in total. The molecule has 6 rings (SSSR count). The van der Waals surface area contributed by atoms with Crippen LogP contribution in [0.3, 0.4) is 0 Å². The molecule has 0 bridgehead atoms. The van der Waals surface area contributed by atoms with Crippen LogP contribution in [0.1, 0.15) is 0 Å². The monoisotopic (exact) mass is 608 g/mol. The molecule has 46 heavy (non-hydrogen) atoms. The van der Waals surface area contributed by atoms with Crippen LogP contribution in [0.4, 0.5) is 34.1 Å². The van der Waals surface area contributed by atoms with Crippen molar-refractivity contribution < 1.29 is 18.9 Å². The van der Waals surface area contributed by atoms with E-state index in [4.69, 9.17) is 18.9 Å². The highest BCUT2D eigenvalue weighted by Gasteiger charge is 2.21. The molecule has 6 aromatic carbocycles. The van der Waals surface area contributed by atoms with Gasteiger partial charge in [-0.1, -0.05) is 72.8 Å². The van der Waals surface area contributed by atoms with Crippen LogP contribution in [0.2, 0.25) is 0 Å². The minimum absolute atomic E-state index is 0.766. The number of anilines is 6. The largest absolute Gasteiger partial charge is 0.495 e. The molecule has 0 atom stereocenters. The van der Waals surface area contributed by atoms with Crippen molar-refractivity contribution in [3.63, 3.8) is 0 Å². The van der Waals surface area contributed by atoms with Gasteiger partial charge in [0.15, 0.2) is 0 Å². The molecule has 0 spiro atoms. The summed E-state index contributed by atoms with van der Waals surface area (Å²) in [5, 5.41) is 0. The van der Waals surface area contributed by atoms with E-state index in [2.05, 4.69) is 58.3 Å². The third-order valence-corrected chi connectivity index (χ3v) is 7.89. The first-order chi connectivity index (χ1) is 22.7. The molecule has 0 aliphatic heterocycles. The zero-order valence-corrected chi connectivity index (χ0v) is 26.4. The molecule has 230 valence electrons. The second-order valence-corrected chi connectivity index (χ2v) is 10.5. The Balaban J connectivity index is 1.38. The maximum absolute atomic E-state index is 5.76. The Morgan fingerprint density at radius 3 is 0.783 bits per heavy atom. The summed E-state index contributed by atoms with van der Waals surface area (Å²) in [6.45, 7) is 0. The van der Waals surface area contributed by atoms with Crippen molar-refractivity contribution >= 4 is 34.1 Å². The molecular formula is C40H36N2O4. The van der Waals surface area contributed by atoms with Gasteiger partial charge >= 0.3 is 0 Å². The Morgan fingerprint density at radius 1 is 0.304 bits per heavy atom. The molecule has 0 saturated carbocycles. The van der Waals surface area contributed by atoms with Crippen molar-refractivity contribution in [2.45, 2.75) is 0 Å². The SMILES string of the molecule is COc1ccccc1N(c1ccc(-c2ccc(N(c3ccccc3OC)c3ccccc3OC)cc2)cc1)c1ccccc1OC. The standard InChI is InChI=1S/C40H36N2O4/c1-43-37-17-9-5-13-33(37)41(34-14-6-10-18-38(34)44-2)31-25-21-29(22-26-31)30-23-27-32(28-24-30)42(35-15-7-11-19-39(35)45-3)36-16-8-12-20-40(36)46-4/h5-28H,1-4H3. The third kappa shape index (κ3) is 5.93. The van der Waals surface area contributed by atoms with Crippen molar-refractivity contribution in [3.05, 3.63) is 146 Å². The predicted octanol–water partition coefficient (Wildman–Crippen LogP) is 10.3. The van der Waals surface area contributed by atoms with E-state index < -0.39 is 0 Å². The van der Waals surface area contributed by atoms with Gasteiger partial charge in [-0.3, -0.25) is 0 Å². The van der Waals surface area contributed by atoms with Gasteiger partial charge in [-0.15, -0.1) is 0 Å². The molecule has 0 heterocycles. The topological polar surface area (TPSA) is 43.4 Å². The van der Waals surface area contributed by atoms with Crippen LogP contribution in [0.25, 0.3) is 11.1 Å². The summed E-state index contributed by atoms with van der Waals surface area (Å²) in [4.78, 5) is 4.31. The lowest BCUT2D eigenvalue weighted by atomic mass is 10.0. The Bertz CT molecular complexity index is 1670. The van der Waals surface area contributed by atoms with Crippen molar-refractivity contribution in [2.24, 2.45) is 0 Å². The lowest BCUT2D eigenvalue weighted by Crippen LogP contribution is -2.12. The maximum Gasteiger partial charge on any atom is 0.142 e. The van der Waals surface area contributed by atoms with Gasteiger partial charge in [0, 0.05) is 11.4 Å². The number of para-hydroxylation sites is 8. The van der Waals surface area contributed by atoms with Gasteiger partial charge < -0.3 is 28.7 Å². The summed E-state index contributed by atoms with van der Waals surface area (Å²) in [5.41, 5.74) is 7.81. The first-order valence-corrected chi connectivity index (χ1v) is 15.0. The van der Waals surface area contributed by atoms with Crippen LogP contribution < -0.4 is 28.7 Å². The second-order valence-electron chi connectivity index (χ2n) is 10.5. The van der Waals surface area contributed by atoms with E-state index >= 15 is 0 Å². The summed E-state index contributed by atoms with van der Waals surface area (Å²) in [6.07, 6.45) is 0. The van der Waals surface area contributed by atoms with Crippen molar-refractivity contribution in [1.29, 1.82) is 0 Å². The van der Waals surface area contributed by atoms with Gasteiger partial charge in [0.25, 0.3) is 0 Å². The summed E-state index contributed by atoms with van der Waals surface area (Å²) in [7, 11) is 6.76. The second kappa shape index (κ2) is 13.8. The fourth-order valence-electron chi connectivity index (χ4n) is 5.68. The lowest BCUT2D eigenvalue weighted by molar-refractivity contribution is 0.412. The predicted molar refractivity (Wildman–Crippen MR) is 187 cm³/mol.